The highest BCUT2D eigenvalue weighted by Crippen LogP contribution is 2.15. The van der Waals surface area contributed by atoms with Crippen LogP contribution in [0.2, 0.25) is 0 Å². The number of nitrogens with one attached hydrogen (secondary N) is 2. The highest BCUT2D eigenvalue weighted by atomic mass is 15.2. The van der Waals surface area contributed by atoms with Crippen LogP contribution in [0.4, 0.5) is 0 Å². The minimum atomic E-state index is 0.661. The van der Waals surface area contributed by atoms with Crippen LogP contribution in [0.5, 0.6) is 0 Å². The van der Waals surface area contributed by atoms with Crippen LogP contribution in [-0.4, -0.2) is 75.2 Å². The summed E-state index contributed by atoms with van der Waals surface area (Å²) in [5, 5.41) is 6.92. The SMILES string of the molecule is CN=C(NCCCN1CCC(C)CC1)NCC1CCCN1C. The minimum absolute atomic E-state index is 0.661. The molecule has 2 aliphatic rings. The molecule has 0 aromatic heterocycles. The van der Waals surface area contributed by atoms with E-state index in [0.717, 1.165) is 25.0 Å². The van der Waals surface area contributed by atoms with E-state index in [1.54, 1.807) is 0 Å². The maximum absolute atomic E-state index is 4.33. The van der Waals surface area contributed by atoms with E-state index in [0.29, 0.717) is 6.04 Å². The molecule has 5 nitrogen and oxygen atoms in total. The fourth-order valence-electron chi connectivity index (χ4n) is 3.47. The van der Waals surface area contributed by atoms with Crippen LogP contribution in [0.3, 0.4) is 0 Å². The van der Waals surface area contributed by atoms with Crippen LogP contribution in [-0.2, 0) is 0 Å². The first-order valence-corrected chi connectivity index (χ1v) is 9.06. The van der Waals surface area contributed by atoms with Crippen molar-refractivity contribution in [3.63, 3.8) is 0 Å². The van der Waals surface area contributed by atoms with Gasteiger partial charge in [0.05, 0.1) is 0 Å². The van der Waals surface area contributed by atoms with E-state index in [1.807, 2.05) is 7.05 Å². The molecule has 2 heterocycles. The van der Waals surface area contributed by atoms with Crippen LogP contribution in [0.15, 0.2) is 4.99 Å². The molecule has 2 N–H and O–H groups in total. The zero-order valence-electron chi connectivity index (χ0n) is 14.8. The quantitative estimate of drug-likeness (QED) is 0.442. The Morgan fingerprint density at radius 3 is 2.55 bits per heavy atom. The van der Waals surface area contributed by atoms with Crippen molar-refractivity contribution in [3.05, 3.63) is 0 Å². The number of likely N-dealkylation sites (tertiary alicyclic amines) is 2. The number of piperidine rings is 1. The fraction of sp³-hybridized carbons (Fsp3) is 0.941. The molecule has 128 valence electrons. The summed E-state index contributed by atoms with van der Waals surface area (Å²) in [5.41, 5.74) is 0. The molecular weight excluding hydrogens is 274 g/mol. The molecule has 0 spiro atoms. The van der Waals surface area contributed by atoms with Gasteiger partial charge in [-0.15, -0.1) is 0 Å². The first-order valence-electron chi connectivity index (χ1n) is 9.06. The molecule has 1 atom stereocenters. The Kier molecular flexibility index (Phi) is 7.46. The van der Waals surface area contributed by atoms with E-state index in [-0.39, 0.29) is 0 Å². The number of hydrogen-bond acceptors (Lipinski definition) is 3. The Morgan fingerprint density at radius 1 is 1.14 bits per heavy atom. The molecule has 0 radical (unpaired) electrons. The Bertz CT molecular complexity index is 336. The summed E-state index contributed by atoms with van der Waals surface area (Å²) >= 11 is 0. The molecule has 2 aliphatic heterocycles. The van der Waals surface area contributed by atoms with Crippen molar-refractivity contribution in [2.24, 2.45) is 10.9 Å². The number of hydrogen-bond donors (Lipinski definition) is 2. The minimum Gasteiger partial charge on any atom is -0.356 e. The summed E-state index contributed by atoms with van der Waals surface area (Å²) in [7, 11) is 4.08. The van der Waals surface area contributed by atoms with Gasteiger partial charge in [-0.1, -0.05) is 6.92 Å². The molecule has 22 heavy (non-hydrogen) atoms. The van der Waals surface area contributed by atoms with Gasteiger partial charge in [0.15, 0.2) is 5.96 Å². The summed E-state index contributed by atoms with van der Waals surface area (Å²) in [6.07, 6.45) is 6.55. The lowest BCUT2D eigenvalue weighted by Gasteiger charge is -2.30. The van der Waals surface area contributed by atoms with Crippen molar-refractivity contribution in [2.75, 3.05) is 53.4 Å². The molecule has 0 amide bonds. The van der Waals surface area contributed by atoms with Crippen LogP contribution in [0.1, 0.15) is 39.0 Å². The molecule has 2 rings (SSSR count). The van der Waals surface area contributed by atoms with Gasteiger partial charge in [-0.25, -0.2) is 0 Å². The normalized spacial score (nSPS) is 25.6. The molecule has 0 aromatic rings. The Balaban J connectivity index is 1.54. The summed E-state index contributed by atoms with van der Waals surface area (Å²) in [5.74, 6) is 1.87. The second-order valence-corrected chi connectivity index (χ2v) is 7.03. The van der Waals surface area contributed by atoms with E-state index < -0.39 is 0 Å². The van der Waals surface area contributed by atoms with Crippen molar-refractivity contribution in [1.29, 1.82) is 0 Å². The van der Waals surface area contributed by atoms with Crippen molar-refractivity contribution in [1.82, 2.24) is 20.4 Å². The third kappa shape index (κ3) is 5.76. The monoisotopic (exact) mass is 309 g/mol. The van der Waals surface area contributed by atoms with Gasteiger partial charge in [-0.05, 0) is 71.2 Å². The summed E-state index contributed by atoms with van der Waals surface area (Å²) in [6.45, 7) is 9.38. The number of aliphatic imine (C=N–C) groups is 1. The molecule has 5 heteroatoms. The predicted molar refractivity (Wildman–Crippen MR) is 94.5 cm³/mol. The molecular formula is C17H35N5. The van der Waals surface area contributed by atoms with E-state index in [2.05, 4.69) is 39.4 Å². The second kappa shape index (κ2) is 9.36. The third-order valence-electron chi connectivity index (χ3n) is 5.22. The lowest BCUT2D eigenvalue weighted by atomic mass is 9.99. The van der Waals surface area contributed by atoms with Crippen LogP contribution in [0, 0.1) is 5.92 Å². The Hall–Kier alpha value is -0.810. The number of likely N-dealkylation sites (N-methyl/N-ethyl adjacent to an activating group) is 1. The lowest BCUT2D eigenvalue weighted by Crippen LogP contribution is -2.44. The van der Waals surface area contributed by atoms with E-state index >= 15 is 0 Å². The van der Waals surface area contributed by atoms with Crippen LogP contribution in [0.25, 0.3) is 0 Å². The van der Waals surface area contributed by atoms with Gasteiger partial charge in [0.25, 0.3) is 0 Å². The van der Waals surface area contributed by atoms with Gasteiger partial charge in [0.1, 0.15) is 0 Å². The lowest BCUT2D eigenvalue weighted by molar-refractivity contribution is 0.191. The van der Waals surface area contributed by atoms with E-state index in [4.69, 9.17) is 0 Å². The highest BCUT2D eigenvalue weighted by Gasteiger charge is 2.20. The van der Waals surface area contributed by atoms with E-state index in [1.165, 1.54) is 58.3 Å². The molecule has 0 bridgehead atoms. The van der Waals surface area contributed by atoms with Gasteiger partial charge in [-0.2, -0.15) is 0 Å². The molecule has 0 aliphatic carbocycles. The fourth-order valence-corrected chi connectivity index (χ4v) is 3.47. The zero-order chi connectivity index (χ0) is 15.8. The average Bonchev–Trinajstić information content (AvgIpc) is 2.93. The number of rotatable bonds is 6. The third-order valence-corrected chi connectivity index (χ3v) is 5.22. The Morgan fingerprint density at radius 2 is 1.91 bits per heavy atom. The summed E-state index contributed by atoms with van der Waals surface area (Å²) in [4.78, 5) is 9.38. The zero-order valence-corrected chi connectivity index (χ0v) is 14.8. The second-order valence-electron chi connectivity index (χ2n) is 7.03. The van der Waals surface area contributed by atoms with E-state index in [9.17, 15) is 0 Å². The summed E-state index contributed by atoms with van der Waals surface area (Å²) in [6, 6.07) is 0.661. The standard InChI is InChI=1S/C17H35N5/c1-15-7-12-22(13-8-15)11-5-9-19-17(18-2)20-14-16-6-4-10-21(16)3/h15-16H,4-14H2,1-3H3,(H2,18,19,20). The van der Waals surface area contributed by atoms with Gasteiger partial charge in [0, 0.05) is 26.2 Å². The summed E-state index contributed by atoms with van der Waals surface area (Å²) < 4.78 is 0. The first kappa shape index (κ1) is 17.5. The molecule has 1 unspecified atom stereocenters. The Labute approximate surface area is 136 Å². The highest BCUT2D eigenvalue weighted by molar-refractivity contribution is 5.79. The maximum atomic E-state index is 4.33. The smallest absolute Gasteiger partial charge is 0.191 e. The van der Waals surface area contributed by atoms with Crippen molar-refractivity contribution in [3.8, 4) is 0 Å². The van der Waals surface area contributed by atoms with Crippen molar-refractivity contribution < 1.29 is 0 Å². The van der Waals surface area contributed by atoms with Gasteiger partial charge in [-0.3, -0.25) is 4.99 Å². The molecule has 2 saturated heterocycles. The van der Waals surface area contributed by atoms with Crippen molar-refractivity contribution in [2.45, 2.75) is 45.1 Å². The van der Waals surface area contributed by atoms with Gasteiger partial charge < -0.3 is 20.4 Å². The van der Waals surface area contributed by atoms with Gasteiger partial charge >= 0.3 is 0 Å². The van der Waals surface area contributed by atoms with Crippen LogP contribution >= 0.6 is 0 Å². The predicted octanol–water partition coefficient (Wildman–Crippen LogP) is 1.37. The number of guanidine groups is 1. The molecule has 2 fully saturated rings. The van der Waals surface area contributed by atoms with Gasteiger partial charge in [0.2, 0.25) is 0 Å². The van der Waals surface area contributed by atoms with Crippen molar-refractivity contribution >= 4 is 5.96 Å². The van der Waals surface area contributed by atoms with Crippen LogP contribution < -0.4 is 10.6 Å². The maximum Gasteiger partial charge on any atom is 0.191 e. The largest absolute Gasteiger partial charge is 0.356 e. The number of nitrogens with zero attached hydrogens (tertiary/aromatic N) is 3. The topological polar surface area (TPSA) is 42.9 Å². The first-order chi connectivity index (χ1) is 10.7. The average molecular weight is 310 g/mol. The molecule has 0 aromatic carbocycles. The molecule has 0 saturated carbocycles.